The van der Waals surface area contributed by atoms with E-state index in [0.717, 1.165) is 38.0 Å². The summed E-state index contributed by atoms with van der Waals surface area (Å²) in [6.07, 6.45) is 9.49. The van der Waals surface area contributed by atoms with Crippen LogP contribution in [0.1, 0.15) is 36.0 Å². The van der Waals surface area contributed by atoms with Crippen molar-refractivity contribution in [3.05, 3.63) is 36.4 Å². The lowest BCUT2D eigenvalue weighted by Gasteiger charge is -2.33. The number of hydrogen-bond donors (Lipinski definition) is 1. The van der Waals surface area contributed by atoms with Crippen LogP contribution in [0.2, 0.25) is 0 Å². The lowest BCUT2D eigenvalue weighted by molar-refractivity contribution is -0.123. The van der Waals surface area contributed by atoms with Crippen molar-refractivity contribution in [3.8, 4) is 0 Å². The zero-order valence-electron chi connectivity index (χ0n) is 14.9. The van der Waals surface area contributed by atoms with Crippen LogP contribution in [0.15, 0.2) is 30.9 Å². The van der Waals surface area contributed by atoms with Gasteiger partial charge in [-0.3, -0.25) is 14.5 Å². The van der Waals surface area contributed by atoms with Crippen LogP contribution < -0.4 is 5.32 Å². The lowest BCUT2D eigenvalue weighted by atomic mass is 10.0. The van der Waals surface area contributed by atoms with Crippen LogP contribution in [-0.4, -0.2) is 69.8 Å². The van der Waals surface area contributed by atoms with Gasteiger partial charge in [-0.25, -0.2) is 4.98 Å². The predicted octanol–water partition coefficient (Wildman–Crippen LogP) is 1.15. The molecule has 1 atom stereocenters. The fourth-order valence-electron chi connectivity index (χ4n) is 4.00. The van der Waals surface area contributed by atoms with Gasteiger partial charge < -0.3 is 14.6 Å². The fourth-order valence-corrected chi connectivity index (χ4v) is 4.00. The van der Waals surface area contributed by atoms with Crippen molar-refractivity contribution in [1.82, 2.24) is 24.5 Å². The van der Waals surface area contributed by atoms with Gasteiger partial charge in [0.25, 0.3) is 5.91 Å². The van der Waals surface area contributed by atoms with Gasteiger partial charge in [0, 0.05) is 25.3 Å². The maximum atomic E-state index is 13.0. The molecule has 2 aliphatic rings. The summed E-state index contributed by atoms with van der Waals surface area (Å²) < 4.78 is 1.85. The minimum atomic E-state index is 0.00888. The Bertz CT molecular complexity index is 796. The number of carbonyl (C=O) groups is 2. The summed E-state index contributed by atoms with van der Waals surface area (Å²) in [6, 6.07) is 3.74. The van der Waals surface area contributed by atoms with Gasteiger partial charge in [-0.05, 0) is 50.9 Å². The standard InChI is InChI=1S/C19H25N5O2/c25-18(13-22-7-1-2-8-22)21-15-5-3-9-23(12-15)19(26)16-6-4-10-24-14-20-11-17(16)24/h4,6,10-11,14-15H,1-3,5,7-9,12-13H2,(H,21,25). The molecule has 7 nitrogen and oxygen atoms in total. The van der Waals surface area contributed by atoms with E-state index < -0.39 is 0 Å². The van der Waals surface area contributed by atoms with Crippen molar-refractivity contribution in [2.75, 3.05) is 32.7 Å². The normalized spacial score (nSPS) is 21.2. The van der Waals surface area contributed by atoms with Gasteiger partial charge in [-0.15, -0.1) is 0 Å². The molecule has 2 saturated heterocycles. The molecule has 4 rings (SSSR count). The predicted molar refractivity (Wildman–Crippen MR) is 97.9 cm³/mol. The molecule has 2 aliphatic heterocycles. The van der Waals surface area contributed by atoms with E-state index in [1.54, 1.807) is 12.5 Å². The number of pyridine rings is 1. The molecular weight excluding hydrogens is 330 g/mol. The van der Waals surface area contributed by atoms with Crippen molar-refractivity contribution in [3.63, 3.8) is 0 Å². The Hall–Kier alpha value is -2.41. The minimum absolute atomic E-state index is 0.00888. The molecule has 0 aliphatic carbocycles. The van der Waals surface area contributed by atoms with Crippen LogP contribution in [-0.2, 0) is 4.79 Å². The number of amides is 2. The molecule has 0 radical (unpaired) electrons. The van der Waals surface area contributed by atoms with E-state index in [-0.39, 0.29) is 17.9 Å². The highest BCUT2D eigenvalue weighted by atomic mass is 16.2. The number of aromatic nitrogens is 2. The lowest BCUT2D eigenvalue weighted by Crippen LogP contribution is -2.51. The second kappa shape index (κ2) is 7.45. The Labute approximate surface area is 153 Å². The molecule has 2 aromatic rings. The summed E-state index contributed by atoms with van der Waals surface area (Å²) in [4.78, 5) is 33.4. The minimum Gasteiger partial charge on any atom is -0.350 e. The molecule has 7 heteroatoms. The van der Waals surface area contributed by atoms with Crippen LogP contribution in [0.3, 0.4) is 0 Å². The fraction of sp³-hybridized carbons (Fsp3) is 0.526. The zero-order valence-corrected chi connectivity index (χ0v) is 14.9. The second-order valence-corrected chi connectivity index (χ2v) is 7.25. The summed E-state index contributed by atoms with van der Waals surface area (Å²) in [5.74, 6) is 0.0821. The molecule has 2 amide bonds. The summed E-state index contributed by atoms with van der Waals surface area (Å²) in [6.45, 7) is 3.79. The molecule has 0 bridgehead atoms. The van der Waals surface area contributed by atoms with Gasteiger partial charge in [0.2, 0.25) is 5.91 Å². The zero-order chi connectivity index (χ0) is 17.9. The second-order valence-electron chi connectivity index (χ2n) is 7.25. The average Bonchev–Trinajstić information content (AvgIpc) is 3.32. The first-order valence-electron chi connectivity index (χ1n) is 9.42. The largest absolute Gasteiger partial charge is 0.350 e. The first-order valence-corrected chi connectivity index (χ1v) is 9.42. The molecule has 1 N–H and O–H groups in total. The number of hydrogen-bond acceptors (Lipinski definition) is 4. The first-order chi connectivity index (χ1) is 12.7. The number of imidazole rings is 1. The van der Waals surface area contributed by atoms with Crippen molar-refractivity contribution < 1.29 is 9.59 Å². The molecular formula is C19H25N5O2. The average molecular weight is 355 g/mol. The first kappa shape index (κ1) is 17.0. The molecule has 138 valence electrons. The van der Waals surface area contributed by atoms with Crippen LogP contribution in [0.25, 0.3) is 5.52 Å². The molecule has 4 heterocycles. The number of nitrogens with zero attached hydrogens (tertiary/aromatic N) is 4. The quantitative estimate of drug-likeness (QED) is 0.893. The van der Waals surface area contributed by atoms with E-state index in [1.165, 1.54) is 12.8 Å². The summed E-state index contributed by atoms with van der Waals surface area (Å²) in [5.41, 5.74) is 1.48. The van der Waals surface area contributed by atoms with E-state index in [0.29, 0.717) is 18.7 Å². The number of rotatable bonds is 4. The Morgan fingerprint density at radius 2 is 2.04 bits per heavy atom. The highest BCUT2D eigenvalue weighted by molar-refractivity contribution is 6.00. The van der Waals surface area contributed by atoms with Crippen molar-refractivity contribution in [2.45, 2.75) is 31.7 Å². The number of likely N-dealkylation sites (tertiary alicyclic amines) is 2. The Kier molecular flexibility index (Phi) is 4.88. The summed E-state index contributed by atoms with van der Waals surface area (Å²) in [5, 5.41) is 3.12. The third kappa shape index (κ3) is 3.58. The molecule has 0 spiro atoms. The maximum Gasteiger partial charge on any atom is 0.256 e. The van der Waals surface area contributed by atoms with Crippen molar-refractivity contribution >= 4 is 17.3 Å². The van der Waals surface area contributed by atoms with Gasteiger partial charge in [0.15, 0.2) is 0 Å². The van der Waals surface area contributed by atoms with Crippen LogP contribution in [0.4, 0.5) is 0 Å². The Morgan fingerprint density at radius 3 is 2.88 bits per heavy atom. The Balaban J connectivity index is 1.39. The molecule has 0 saturated carbocycles. The van der Waals surface area contributed by atoms with Gasteiger partial charge in [-0.1, -0.05) is 0 Å². The third-order valence-corrected chi connectivity index (χ3v) is 5.32. The van der Waals surface area contributed by atoms with E-state index >= 15 is 0 Å². The van der Waals surface area contributed by atoms with Crippen molar-refractivity contribution in [1.29, 1.82) is 0 Å². The van der Waals surface area contributed by atoms with Gasteiger partial charge in [-0.2, -0.15) is 0 Å². The van der Waals surface area contributed by atoms with E-state index in [1.807, 2.05) is 27.6 Å². The number of carbonyl (C=O) groups excluding carboxylic acids is 2. The maximum absolute atomic E-state index is 13.0. The number of nitrogens with one attached hydrogen (secondary N) is 1. The van der Waals surface area contributed by atoms with E-state index in [9.17, 15) is 9.59 Å². The molecule has 1 unspecified atom stereocenters. The summed E-state index contributed by atoms with van der Waals surface area (Å²) >= 11 is 0. The molecule has 2 fully saturated rings. The topological polar surface area (TPSA) is 70.0 Å². The van der Waals surface area contributed by atoms with Gasteiger partial charge in [0.05, 0.1) is 30.1 Å². The smallest absolute Gasteiger partial charge is 0.256 e. The van der Waals surface area contributed by atoms with Crippen molar-refractivity contribution in [2.24, 2.45) is 0 Å². The van der Waals surface area contributed by atoms with Crippen LogP contribution in [0, 0.1) is 0 Å². The van der Waals surface area contributed by atoms with E-state index in [2.05, 4.69) is 15.2 Å². The SMILES string of the molecule is O=C(CN1CCCC1)NC1CCCN(C(=O)c2cccn3cncc23)C1. The highest BCUT2D eigenvalue weighted by Gasteiger charge is 2.27. The highest BCUT2D eigenvalue weighted by Crippen LogP contribution is 2.17. The van der Waals surface area contributed by atoms with Crippen LogP contribution >= 0.6 is 0 Å². The molecule has 0 aromatic carbocycles. The number of fused-ring (bicyclic) bond motifs is 1. The monoisotopic (exact) mass is 355 g/mol. The number of piperidine rings is 1. The molecule has 26 heavy (non-hydrogen) atoms. The Morgan fingerprint density at radius 1 is 1.19 bits per heavy atom. The molecule has 2 aromatic heterocycles. The summed E-state index contributed by atoms with van der Waals surface area (Å²) in [7, 11) is 0. The van der Waals surface area contributed by atoms with Gasteiger partial charge >= 0.3 is 0 Å². The van der Waals surface area contributed by atoms with Gasteiger partial charge in [0.1, 0.15) is 0 Å². The third-order valence-electron chi connectivity index (χ3n) is 5.32. The van der Waals surface area contributed by atoms with Crippen LogP contribution in [0.5, 0.6) is 0 Å². The van der Waals surface area contributed by atoms with E-state index in [4.69, 9.17) is 0 Å².